The summed E-state index contributed by atoms with van der Waals surface area (Å²) >= 11 is 0. The largest absolute Gasteiger partial charge is 0.480 e. The molecule has 1 unspecified atom stereocenters. The summed E-state index contributed by atoms with van der Waals surface area (Å²) in [6.07, 6.45) is 1.75. The van der Waals surface area contributed by atoms with Crippen molar-refractivity contribution in [1.82, 2.24) is 5.32 Å². The molecule has 0 heterocycles. The van der Waals surface area contributed by atoms with Crippen molar-refractivity contribution in [2.75, 3.05) is 6.54 Å². The average Bonchev–Trinajstić information content (AvgIpc) is 2.81. The normalized spacial score (nSPS) is 18.4. The van der Waals surface area contributed by atoms with E-state index in [1.807, 2.05) is 0 Å². The third-order valence-electron chi connectivity index (χ3n) is 1.86. The number of nitrogens with two attached hydrogens (primary N) is 1. The van der Waals surface area contributed by atoms with E-state index in [0.29, 0.717) is 0 Å². The number of hydrogen-bond donors (Lipinski definition) is 3. The van der Waals surface area contributed by atoms with Gasteiger partial charge in [-0.1, -0.05) is 0 Å². The Morgan fingerprint density at radius 1 is 1.58 bits per heavy atom. The summed E-state index contributed by atoms with van der Waals surface area (Å²) in [6.45, 7) is -0.156. The van der Waals surface area contributed by atoms with Crippen LogP contribution in [0.25, 0.3) is 0 Å². The topological polar surface area (TPSA) is 92.4 Å². The maximum Gasteiger partial charge on any atom is 0.326 e. The lowest BCUT2D eigenvalue weighted by atomic mass is 10.2. The summed E-state index contributed by atoms with van der Waals surface area (Å²) in [5.74, 6) is -1.27. The summed E-state index contributed by atoms with van der Waals surface area (Å²) in [7, 11) is 0. The SMILES string of the molecule is NCC(=O)NC(C(=O)O)C1CC1. The number of aliphatic carboxylic acids is 1. The van der Waals surface area contributed by atoms with E-state index in [0.717, 1.165) is 12.8 Å². The fraction of sp³-hybridized carbons (Fsp3) is 0.714. The first kappa shape index (κ1) is 8.99. The molecule has 5 nitrogen and oxygen atoms in total. The molecular formula is C7H12N2O3. The molecule has 68 valence electrons. The van der Waals surface area contributed by atoms with Crippen LogP contribution in [0.3, 0.4) is 0 Å². The number of nitrogens with one attached hydrogen (secondary N) is 1. The van der Waals surface area contributed by atoms with Gasteiger partial charge in [-0.3, -0.25) is 4.79 Å². The van der Waals surface area contributed by atoms with E-state index in [2.05, 4.69) is 5.32 Å². The van der Waals surface area contributed by atoms with Crippen LogP contribution in [0, 0.1) is 5.92 Å². The van der Waals surface area contributed by atoms with Crippen molar-refractivity contribution in [3.8, 4) is 0 Å². The molecule has 0 radical (unpaired) electrons. The van der Waals surface area contributed by atoms with Crippen molar-refractivity contribution in [2.24, 2.45) is 11.7 Å². The number of hydrogen-bond acceptors (Lipinski definition) is 3. The minimum Gasteiger partial charge on any atom is -0.480 e. The van der Waals surface area contributed by atoms with Gasteiger partial charge in [0.15, 0.2) is 0 Å². The number of rotatable bonds is 4. The highest BCUT2D eigenvalue weighted by Gasteiger charge is 2.36. The Bertz CT molecular complexity index is 201. The van der Waals surface area contributed by atoms with Crippen LogP contribution in [0.15, 0.2) is 0 Å². The van der Waals surface area contributed by atoms with E-state index < -0.39 is 17.9 Å². The lowest BCUT2D eigenvalue weighted by molar-refractivity contribution is -0.142. The van der Waals surface area contributed by atoms with Crippen LogP contribution < -0.4 is 11.1 Å². The zero-order chi connectivity index (χ0) is 9.14. The van der Waals surface area contributed by atoms with Crippen molar-refractivity contribution in [3.63, 3.8) is 0 Å². The molecule has 1 aliphatic carbocycles. The fourth-order valence-corrected chi connectivity index (χ4v) is 1.04. The summed E-state index contributed by atoms with van der Waals surface area (Å²) in [6, 6.07) is -0.735. The van der Waals surface area contributed by atoms with Crippen LogP contribution >= 0.6 is 0 Å². The van der Waals surface area contributed by atoms with Gasteiger partial charge in [0.1, 0.15) is 6.04 Å². The van der Waals surface area contributed by atoms with Gasteiger partial charge in [0.25, 0.3) is 0 Å². The molecule has 1 aliphatic rings. The molecule has 0 bridgehead atoms. The van der Waals surface area contributed by atoms with Gasteiger partial charge in [-0.05, 0) is 18.8 Å². The Morgan fingerprint density at radius 3 is 2.50 bits per heavy atom. The Kier molecular flexibility index (Phi) is 2.65. The lowest BCUT2D eigenvalue weighted by Gasteiger charge is -2.11. The van der Waals surface area contributed by atoms with Crippen LogP contribution in [0.5, 0.6) is 0 Å². The van der Waals surface area contributed by atoms with Gasteiger partial charge >= 0.3 is 5.97 Å². The molecule has 0 saturated heterocycles. The smallest absolute Gasteiger partial charge is 0.326 e. The molecule has 1 atom stereocenters. The Labute approximate surface area is 69.9 Å². The van der Waals surface area contributed by atoms with E-state index in [-0.39, 0.29) is 12.5 Å². The molecular weight excluding hydrogens is 160 g/mol. The highest BCUT2D eigenvalue weighted by Crippen LogP contribution is 2.32. The van der Waals surface area contributed by atoms with Crippen molar-refractivity contribution < 1.29 is 14.7 Å². The predicted molar refractivity (Wildman–Crippen MR) is 41.3 cm³/mol. The first-order chi connectivity index (χ1) is 5.65. The Morgan fingerprint density at radius 2 is 2.17 bits per heavy atom. The van der Waals surface area contributed by atoms with Gasteiger partial charge in [0.05, 0.1) is 6.54 Å². The standard InChI is InChI=1S/C7H12N2O3/c8-3-5(10)9-6(7(11)12)4-1-2-4/h4,6H,1-3,8H2,(H,9,10)(H,11,12). The maximum atomic E-state index is 10.8. The third-order valence-corrected chi connectivity index (χ3v) is 1.86. The molecule has 1 rings (SSSR count). The second-order valence-electron chi connectivity index (χ2n) is 2.92. The minimum atomic E-state index is -0.973. The molecule has 0 spiro atoms. The Hall–Kier alpha value is -1.10. The summed E-state index contributed by atoms with van der Waals surface area (Å²) in [4.78, 5) is 21.3. The lowest BCUT2D eigenvalue weighted by Crippen LogP contribution is -2.44. The molecule has 0 aliphatic heterocycles. The van der Waals surface area contributed by atoms with Gasteiger partial charge in [-0.15, -0.1) is 0 Å². The minimum absolute atomic E-state index is 0.109. The van der Waals surface area contributed by atoms with Crippen LogP contribution in [-0.2, 0) is 9.59 Å². The van der Waals surface area contributed by atoms with E-state index >= 15 is 0 Å². The van der Waals surface area contributed by atoms with Gasteiger partial charge in [-0.2, -0.15) is 0 Å². The quantitative estimate of drug-likeness (QED) is 0.503. The highest BCUT2D eigenvalue weighted by molar-refractivity contribution is 5.84. The van der Waals surface area contributed by atoms with Crippen LogP contribution in [0.1, 0.15) is 12.8 Å². The van der Waals surface area contributed by atoms with E-state index in [4.69, 9.17) is 10.8 Å². The fourth-order valence-electron chi connectivity index (χ4n) is 1.04. The zero-order valence-corrected chi connectivity index (χ0v) is 6.62. The van der Waals surface area contributed by atoms with Crippen molar-refractivity contribution in [2.45, 2.75) is 18.9 Å². The van der Waals surface area contributed by atoms with Crippen molar-refractivity contribution in [1.29, 1.82) is 0 Å². The number of carboxylic acid groups (broad SMARTS) is 1. The highest BCUT2D eigenvalue weighted by atomic mass is 16.4. The van der Waals surface area contributed by atoms with Crippen LogP contribution in [-0.4, -0.2) is 29.6 Å². The molecule has 0 aromatic carbocycles. The first-order valence-corrected chi connectivity index (χ1v) is 3.87. The van der Waals surface area contributed by atoms with Gasteiger partial charge in [-0.25, -0.2) is 4.79 Å². The van der Waals surface area contributed by atoms with Gasteiger partial charge < -0.3 is 16.2 Å². The number of carbonyl (C=O) groups excluding carboxylic acids is 1. The van der Waals surface area contributed by atoms with E-state index in [1.165, 1.54) is 0 Å². The monoisotopic (exact) mass is 172 g/mol. The van der Waals surface area contributed by atoms with E-state index in [9.17, 15) is 9.59 Å². The molecule has 1 amide bonds. The van der Waals surface area contributed by atoms with Crippen molar-refractivity contribution in [3.05, 3.63) is 0 Å². The number of carbonyl (C=O) groups is 2. The first-order valence-electron chi connectivity index (χ1n) is 3.87. The second-order valence-corrected chi connectivity index (χ2v) is 2.92. The zero-order valence-electron chi connectivity index (χ0n) is 6.62. The third kappa shape index (κ3) is 2.20. The molecule has 5 heteroatoms. The number of amides is 1. The maximum absolute atomic E-state index is 10.8. The molecule has 12 heavy (non-hydrogen) atoms. The molecule has 4 N–H and O–H groups in total. The van der Waals surface area contributed by atoms with Gasteiger partial charge in [0, 0.05) is 0 Å². The van der Waals surface area contributed by atoms with E-state index in [1.54, 1.807) is 0 Å². The van der Waals surface area contributed by atoms with Crippen LogP contribution in [0.2, 0.25) is 0 Å². The summed E-state index contributed by atoms with van der Waals surface area (Å²) < 4.78 is 0. The summed E-state index contributed by atoms with van der Waals surface area (Å²) in [5.41, 5.74) is 5.04. The average molecular weight is 172 g/mol. The molecule has 1 fully saturated rings. The molecule has 1 saturated carbocycles. The van der Waals surface area contributed by atoms with Gasteiger partial charge in [0.2, 0.25) is 5.91 Å². The predicted octanol–water partition coefficient (Wildman–Crippen LogP) is -1.08. The van der Waals surface area contributed by atoms with Crippen molar-refractivity contribution >= 4 is 11.9 Å². The Balaban J connectivity index is 2.43. The molecule has 0 aromatic heterocycles. The van der Waals surface area contributed by atoms with Crippen LogP contribution in [0.4, 0.5) is 0 Å². The summed E-state index contributed by atoms with van der Waals surface area (Å²) in [5, 5.41) is 11.0. The second kappa shape index (κ2) is 3.53. The molecule has 0 aromatic rings. The number of carboxylic acids is 1.